The number of benzene rings is 2. The third-order valence-corrected chi connectivity index (χ3v) is 4.78. The van der Waals surface area contributed by atoms with Gasteiger partial charge in [-0.3, -0.25) is 9.59 Å². The maximum Gasteiger partial charge on any atom is 0.340 e. The van der Waals surface area contributed by atoms with Gasteiger partial charge in [0.1, 0.15) is 11.5 Å². The van der Waals surface area contributed by atoms with E-state index in [1.54, 1.807) is 50.2 Å². The molecule has 1 aromatic heterocycles. The van der Waals surface area contributed by atoms with E-state index in [9.17, 15) is 18.8 Å². The van der Waals surface area contributed by atoms with Crippen molar-refractivity contribution in [1.29, 1.82) is 0 Å². The third-order valence-electron chi connectivity index (χ3n) is 4.78. The number of esters is 1. The molecule has 160 valence electrons. The minimum Gasteiger partial charge on any atom is -0.462 e. The number of aromatic amines is 1. The number of carbonyl (C=O) groups is 3. The summed E-state index contributed by atoms with van der Waals surface area (Å²) < 4.78 is 18.1. The number of Topliss-reactive ketones (excluding diaryl/α,β-unsaturated/α-hetero) is 1. The monoisotopic (exact) mass is 422 g/mol. The molecule has 0 bridgehead atoms. The highest BCUT2D eigenvalue weighted by Crippen LogP contribution is 2.31. The molecule has 0 aliphatic rings. The van der Waals surface area contributed by atoms with Crippen LogP contribution in [0.4, 0.5) is 4.39 Å². The van der Waals surface area contributed by atoms with Crippen molar-refractivity contribution in [3.63, 3.8) is 0 Å². The maximum atomic E-state index is 13.0. The molecule has 3 rings (SSSR count). The van der Waals surface area contributed by atoms with E-state index in [0.717, 1.165) is 5.56 Å². The number of ketones is 1. The molecule has 31 heavy (non-hydrogen) atoms. The summed E-state index contributed by atoms with van der Waals surface area (Å²) in [6.45, 7) is 3.75. The molecule has 0 radical (unpaired) electrons. The number of hydrogen-bond donors (Lipinski definition) is 2. The highest BCUT2D eigenvalue weighted by atomic mass is 19.1. The zero-order chi connectivity index (χ0) is 22.4. The predicted molar refractivity (Wildman–Crippen MR) is 114 cm³/mol. The fourth-order valence-electron chi connectivity index (χ4n) is 3.31. The van der Waals surface area contributed by atoms with Gasteiger partial charge in [0.05, 0.1) is 12.2 Å². The first-order valence-corrected chi connectivity index (χ1v) is 9.94. The van der Waals surface area contributed by atoms with E-state index >= 15 is 0 Å². The molecule has 2 N–H and O–H groups in total. The van der Waals surface area contributed by atoms with Gasteiger partial charge in [-0.25, -0.2) is 9.18 Å². The van der Waals surface area contributed by atoms with E-state index in [-0.39, 0.29) is 30.2 Å². The van der Waals surface area contributed by atoms with E-state index in [1.807, 2.05) is 6.07 Å². The Hall–Kier alpha value is -3.74. The summed E-state index contributed by atoms with van der Waals surface area (Å²) in [5.41, 5.74) is 2.51. The van der Waals surface area contributed by atoms with Crippen molar-refractivity contribution in [2.24, 2.45) is 0 Å². The first-order valence-electron chi connectivity index (χ1n) is 9.94. The van der Waals surface area contributed by atoms with Crippen molar-refractivity contribution in [3.8, 4) is 11.1 Å². The second-order valence-electron chi connectivity index (χ2n) is 6.92. The Morgan fingerprint density at radius 2 is 1.71 bits per heavy atom. The van der Waals surface area contributed by atoms with Gasteiger partial charge < -0.3 is 15.0 Å². The Morgan fingerprint density at radius 3 is 2.35 bits per heavy atom. The summed E-state index contributed by atoms with van der Waals surface area (Å²) >= 11 is 0. The number of hydrogen-bond acceptors (Lipinski definition) is 4. The van der Waals surface area contributed by atoms with Crippen LogP contribution in [-0.4, -0.2) is 35.8 Å². The van der Waals surface area contributed by atoms with Crippen LogP contribution in [0, 0.1) is 12.7 Å². The average molecular weight is 422 g/mol. The van der Waals surface area contributed by atoms with Crippen molar-refractivity contribution in [3.05, 3.63) is 82.9 Å². The van der Waals surface area contributed by atoms with E-state index in [2.05, 4.69) is 10.3 Å². The number of halogens is 1. The molecule has 0 saturated carbocycles. The molecular formula is C24H23FN2O4. The Kier molecular flexibility index (Phi) is 6.97. The molecule has 0 spiro atoms. The van der Waals surface area contributed by atoms with Gasteiger partial charge in [-0.2, -0.15) is 0 Å². The maximum absolute atomic E-state index is 13.0. The Bertz CT molecular complexity index is 1090. The number of H-pyrrole nitrogens is 1. The van der Waals surface area contributed by atoms with E-state index in [4.69, 9.17) is 4.74 Å². The number of rotatable bonds is 8. The summed E-state index contributed by atoms with van der Waals surface area (Å²) in [6.07, 6.45) is 0.447. The van der Waals surface area contributed by atoms with E-state index < -0.39 is 17.7 Å². The van der Waals surface area contributed by atoms with Gasteiger partial charge in [-0.1, -0.05) is 42.5 Å². The average Bonchev–Trinajstić information content (AvgIpc) is 3.12. The second-order valence-corrected chi connectivity index (χ2v) is 6.92. The van der Waals surface area contributed by atoms with Gasteiger partial charge in [0.25, 0.3) is 11.7 Å². The van der Waals surface area contributed by atoms with Crippen molar-refractivity contribution in [2.45, 2.75) is 20.3 Å². The number of amides is 1. The zero-order valence-electron chi connectivity index (χ0n) is 17.3. The minimum absolute atomic E-state index is 0.0334. The molecule has 1 amide bonds. The SMILES string of the molecule is CCOC(=O)c1c(C)[nH]c(C(=O)C(=O)NCCc2ccc(F)cc2)c1-c1ccccc1. The summed E-state index contributed by atoms with van der Waals surface area (Å²) in [5, 5.41) is 2.59. The molecule has 7 heteroatoms. The molecule has 0 aliphatic carbocycles. The number of aryl methyl sites for hydroxylation is 1. The predicted octanol–water partition coefficient (Wildman–Crippen LogP) is 3.85. The van der Waals surface area contributed by atoms with Crippen LogP contribution in [0.1, 0.15) is 39.0 Å². The van der Waals surface area contributed by atoms with Crippen LogP contribution in [0.15, 0.2) is 54.6 Å². The highest BCUT2D eigenvalue weighted by Gasteiger charge is 2.29. The first kappa shape index (κ1) is 22.0. The number of nitrogens with one attached hydrogen (secondary N) is 2. The van der Waals surface area contributed by atoms with Crippen molar-refractivity contribution in [2.75, 3.05) is 13.2 Å². The summed E-state index contributed by atoms with van der Waals surface area (Å²) in [4.78, 5) is 40.9. The van der Waals surface area contributed by atoms with Crippen molar-refractivity contribution in [1.82, 2.24) is 10.3 Å². The normalized spacial score (nSPS) is 10.5. The Balaban J connectivity index is 1.84. The fourth-order valence-corrected chi connectivity index (χ4v) is 3.31. The van der Waals surface area contributed by atoms with E-state index in [1.165, 1.54) is 12.1 Å². The molecule has 3 aromatic rings. The molecular weight excluding hydrogens is 399 g/mol. The number of aromatic nitrogens is 1. The molecule has 6 nitrogen and oxygen atoms in total. The van der Waals surface area contributed by atoms with Crippen LogP contribution in [0.3, 0.4) is 0 Å². The summed E-state index contributed by atoms with van der Waals surface area (Å²) in [6, 6.07) is 14.8. The smallest absolute Gasteiger partial charge is 0.340 e. The lowest BCUT2D eigenvalue weighted by atomic mass is 9.98. The molecule has 0 unspecified atom stereocenters. The quantitative estimate of drug-likeness (QED) is 0.328. The van der Waals surface area contributed by atoms with E-state index in [0.29, 0.717) is 23.2 Å². The van der Waals surface area contributed by atoms with Crippen LogP contribution >= 0.6 is 0 Å². The van der Waals surface area contributed by atoms with Gasteiger partial charge in [0.15, 0.2) is 0 Å². The van der Waals surface area contributed by atoms with Gasteiger partial charge in [-0.15, -0.1) is 0 Å². The van der Waals surface area contributed by atoms with Crippen molar-refractivity contribution < 1.29 is 23.5 Å². The summed E-state index contributed by atoms with van der Waals surface area (Å²) in [7, 11) is 0. The van der Waals surface area contributed by atoms with Gasteiger partial charge in [0, 0.05) is 17.8 Å². The van der Waals surface area contributed by atoms with Crippen molar-refractivity contribution >= 4 is 17.7 Å². The van der Waals surface area contributed by atoms with Crippen LogP contribution in [0.25, 0.3) is 11.1 Å². The van der Waals surface area contributed by atoms with Gasteiger partial charge in [0.2, 0.25) is 0 Å². The second kappa shape index (κ2) is 9.84. The molecule has 0 fully saturated rings. The lowest BCUT2D eigenvalue weighted by Gasteiger charge is -2.08. The lowest BCUT2D eigenvalue weighted by Crippen LogP contribution is -2.33. The van der Waals surface area contributed by atoms with Gasteiger partial charge >= 0.3 is 5.97 Å². The van der Waals surface area contributed by atoms with Crippen LogP contribution < -0.4 is 5.32 Å². The topological polar surface area (TPSA) is 88.3 Å². The van der Waals surface area contributed by atoms with Crippen LogP contribution in [0.5, 0.6) is 0 Å². The third kappa shape index (κ3) is 5.06. The molecule has 0 saturated heterocycles. The number of ether oxygens (including phenoxy) is 1. The first-order chi connectivity index (χ1) is 14.9. The standard InChI is InChI=1S/C24H23FN2O4/c1-3-31-24(30)19-15(2)27-21(20(19)17-7-5-4-6-8-17)22(28)23(29)26-14-13-16-9-11-18(25)12-10-16/h4-12,27H,3,13-14H2,1-2H3,(H,26,29). The number of carbonyl (C=O) groups excluding carboxylic acids is 3. The Labute approximate surface area is 179 Å². The lowest BCUT2D eigenvalue weighted by molar-refractivity contribution is -0.117. The Morgan fingerprint density at radius 1 is 1.03 bits per heavy atom. The summed E-state index contributed by atoms with van der Waals surface area (Å²) in [5.74, 6) is -2.48. The molecule has 0 atom stereocenters. The molecule has 0 aliphatic heterocycles. The largest absolute Gasteiger partial charge is 0.462 e. The van der Waals surface area contributed by atoms with Crippen LogP contribution in [-0.2, 0) is 16.0 Å². The van der Waals surface area contributed by atoms with Gasteiger partial charge in [-0.05, 0) is 43.5 Å². The minimum atomic E-state index is -0.795. The molecule has 2 aromatic carbocycles. The van der Waals surface area contributed by atoms with Crippen LogP contribution in [0.2, 0.25) is 0 Å². The zero-order valence-corrected chi connectivity index (χ0v) is 17.3. The molecule has 1 heterocycles. The highest BCUT2D eigenvalue weighted by molar-refractivity contribution is 6.43. The fraction of sp³-hybridized carbons (Fsp3) is 0.208.